The van der Waals surface area contributed by atoms with Crippen LogP contribution in [0.3, 0.4) is 0 Å². The number of nitrogens with zero attached hydrogens (tertiary/aromatic N) is 1. The zero-order valence-corrected chi connectivity index (χ0v) is 31.2. The molecule has 0 radical (unpaired) electrons. The van der Waals surface area contributed by atoms with Crippen LogP contribution in [0.15, 0.2) is 200 Å². The van der Waals surface area contributed by atoms with Crippen LogP contribution in [0.2, 0.25) is 0 Å². The first-order chi connectivity index (χ1) is 27.7. The van der Waals surface area contributed by atoms with E-state index in [2.05, 4.69) is 200 Å². The summed E-state index contributed by atoms with van der Waals surface area (Å²) in [5, 5.41) is 3.79. The molecule has 0 saturated carbocycles. The zero-order valence-electron chi connectivity index (χ0n) is 30.4. The highest BCUT2D eigenvalue weighted by Gasteiger charge is 2.53. The molecule has 0 aliphatic heterocycles. The molecule has 0 bridgehead atoms. The fourth-order valence-electron chi connectivity index (χ4n) is 9.53. The van der Waals surface area contributed by atoms with Crippen LogP contribution in [0.5, 0.6) is 0 Å². The van der Waals surface area contributed by atoms with Gasteiger partial charge in [-0.1, -0.05) is 170 Å². The molecule has 0 amide bonds. The van der Waals surface area contributed by atoms with Crippen molar-refractivity contribution in [1.82, 2.24) is 4.98 Å². The SMILES string of the molecule is c1ccc(-c2cc(-c3ccc(-c4ccc5c(c4)-c4c(sc6ccccc46)C54c5ccccc5-c5ccccc54)cc3)cc(-c3ccc4ccccc4c3)n2)cc1. The van der Waals surface area contributed by atoms with Crippen LogP contribution < -0.4 is 0 Å². The van der Waals surface area contributed by atoms with E-state index >= 15 is 0 Å². The predicted molar refractivity (Wildman–Crippen MR) is 235 cm³/mol. The molecule has 8 aromatic carbocycles. The van der Waals surface area contributed by atoms with Gasteiger partial charge in [-0.25, -0.2) is 4.98 Å². The predicted octanol–water partition coefficient (Wildman–Crippen LogP) is 14.5. The van der Waals surface area contributed by atoms with Crippen molar-refractivity contribution in [1.29, 1.82) is 0 Å². The highest BCUT2D eigenvalue weighted by Crippen LogP contribution is 2.66. The van der Waals surface area contributed by atoms with Crippen molar-refractivity contribution in [2.24, 2.45) is 0 Å². The smallest absolute Gasteiger partial charge is 0.0819 e. The molecule has 2 heterocycles. The number of thiophene rings is 1. The van der Waals surface area contributed by atoms with Gasteiger partial charge in [0, 0.05) is 31.7 Å². The summed E-state index contributed by atoms with van der Waals surface area (Å²) in [6.45, 7) is 0. The Balaban J connectivity index is 0.993. The van der Waals surface area contributed by atoms with Gasteiger partial charge in [-0.15, -0.1) is 11.3 Å². The number of aromatic nitrogens is 1. The summed E-state index contributed by atoms with van der Waals surface area (Å²) in [6, 6.07) is 73.5. The Hall–Kier alpha value is -6.87. The quantitative estimate of drug-likeness (QED) is 0.176. The molecular formula is C54H33NS. The monoisotopic (exact) mass is 727 g/mol. The molecule has 0 unspecified atom stereocenters. The van der Waals surface area contributed by atoms with Crippen LogP contribution >= 0.6 is 11.3 Å². The molecule has 12 rings (SSSR count). The van der Waals surface area contributed by atoms with Crippen LogP contribution in [0.1, 0.15) is 21.6 Å². The van der Waals surface area contributed by atoms with Crippen molar-refractivity contribution in [3.63, 3.8) is 0 Å². The average Bonchev–Trinajstić information content (AvgIpc) is 3.90. The number of fused-ring (bicyclic) bond motifs is 13. The van der Waals surface area contributed by atoms with Crippen LogP contribution in [0.25, 0.3) is 87.9 Å². The molecule has 0 saturated heterocycles. The maximum Gasteiger partial charge on any atom is 0.0819 e. The highest BCUT2D eigenvalue weighted by atomic mass is 32.1. The summed E-state index contributed by atoms with van der Waals surface area (Å²) >= 11 is 1.96. The lowest BCUT2D eigenvalue weighted by Gasteiger charge is -2.29. The standard InChI is InChI=1S/C54H33NS/c1-2-13-37(14-3-1)49-32-41(33-50(55-49)40-27-26-34-12-4-5-15-38(34)30-40)36-24-22-35(23-25-36)39-28-29-48-45(31-39)52-44-18-8-11-21-51(44)56-53(52)54(48)46-19-9-6-16-42(46)43-17-7-10-20-47(43)54/h1-33H. The third kappa shape index (κ3) is 4.51. The van der Waals surface area contributed by atoms with Gasteiger partial charge >= 0.3 is 0 Å². The first kappa shape index (κ1) is 31.5. The van der Waals surface area contributed by atoms with E-state index < -0.39 is 0 Å². The van der Waals surface area contributed by atoms with Crippen molar-refractivity contribution >= 4 is 32.2 Å². The molecule has 1 nitrogen and oxygen atoms in total. The second kappa shape index (κ2) is 12.1. The molecule has 0 atom stereocenters. The largest absolute Gasteiger partial charge is 0.248 e. The summed E-state index contributed by atoms with van der Waals surface area (Å²) in [5.74, 6) is 0. The molecular weight excluding hydrogens is 695 g/mol. The molecule has 1 spiro atoms. The van der Waals surface area contributed by atoms with Crippen molar-refractivity contribution in [3.8, 4) is 67.0 Å². The van der Waals surface area contributed by atoms with Gasteiger partial charge in [-0.05, 0) is 96.7 Å². The second-order valence-corrected chi connectivity index (χ2v) is 16.1. The van der Waals surface area contributed by atoms with Crippen molar-refractivity contribution in [2.45, 2.75) is 5.41 Å². The summed E-state index contributed by atoms with van der Waals surface area (Å²) in [5.41, 5.74) is 18.2. The van der Waals surface area contributed by atoms with Crippen LogP contribution in [-0.4, -0.2) is 4.98 Å². The van der Waals surface area contributed by atoms with E-state index in [0.29, 0.717) is 0 Å². The lowest BCUT2D eigenvalue weighted by atomic mass is 9.73. The minimum Gasteiger partial charge on any atom is -0.248 e. The normalized spacial score (nSPS) is 13.1. The average molecular weight is 728 g/mol. The number of benzene rings is 8. The van der Waals surface area contributed by atoms with Crippen molar-refractivity contribution < 1.29 is 0 Å². The molecule has 260 valence electrons. The number of pyridine rings is 1. The molecule has 2 aliphatic rings. The first-order valence-corrected chi connectivity index (χ1v) is 20.1. The minimum atomic E-state index is -0.329. The molecule has 2 aliphatic carbocycles. The molecule has 0 fully saturated rings. The van der Waals surface area contributed by atoms with Crippen LogP contribution in [0, 0.1) is 0 Å². The molecule has 2 heteroatoms. The number of hydrogen-bond donors (Lipinski definition) is 0. The van der Waals surface area contributed by atoms with Gasteiger partial charge < -0.3 is 0 Å². The molecule has 56 heavy (non-hydrogen) atoms. The van der Waals surface area contributed by atoms with Crippen LogP contribution in [0.4, 0.5) is 0 Å². The number of hydrogen-bond acceptors (Lipinski definition) is 2. The number of rotatable bonds is 4. The highest BCUT2D eigenvalue weighted by molar-refractivity contribution is 7.20. The van der Waals surface area contributed by atoms with E-state index in [9.17, 15) is 0 Å². The van der Waals surface area contributed by atoms with Crippen molar-refractivity contribution in [2.75, 3.05) is 0 Å². The Morgan fingerprint density at radius 3 is 1.70 bits per heavy atom. The first-order valence-electron chi connectivity index (χ1n) is 19.3. The van der Waals surface area contributed by atoms with Gasteiger partial charge in [0.25, 0.3) is 0 Å². The summed E-state index contributed by atoms with van der Waals surface area (Å²) in [7, 11) is 0. The van der Waals surface area contributed by atoms with Crippen LogP contribution in [-0.2, 0) is 5.41 Å². The summed E-state index contributed by atoms with van der Waals surface area (Å²) in [4.78, 5) is 6.64. The fourth-order valence-corrected chi connectivity index (χ4v) is 11.0. The Morgan fingerprint density at radius 2 is 0.929 bits per heavy atom. The van der Waals surface area contributed by atoms with Crippen molar-refractivity contribution in [3.05, 3.63) is 222 Å². The Morgan fingerprint density at radius 1 is 0.357 bits per heavy atom. The Kier molecular flexibility index (Phi) is 6.78. The summed E-state index contributed by atoms with van der Waals surface area (Å²) < 4.78 is 1.34. The van der Waals surface area contributed by atoms with E-state index in [1.54, 1.807) is 0 Å². The Labute approximate surface area is 329 Å². The van der Waals surface area contributed by atoms with E-state index in [-0.39, 0.29) is 5.41 Å². The van der Waals surface area contributed by atoms with Gasteiger partial charge in [0.15, 0.2) is 0 Å². The lowest BCUT2D eigenvalue weighted by Crippen LogP contribution is -2.24. The zero-order chi connectivity index (χ0) is 36.8. The van der Waals surface area contributed by atoms with E-state index in [0.717, 1.165) is 28.1 Å². The minimum absolute atomic E-state index is 0.329. The molecule has 0 N–H and O–H groups in total. The maximum atomic E-state index is 5.20. The third-order valence-corrected chi connectivity index (χ3v) is 13.4. The second-order valence-electron chi connectivity index (χ2n) is 15.0. The Bertz CT molecular complexity index is 3140. The molecule has 2 aromatic heterocycles. The third-order valence-electron chi connectivity index (χ3n) is 12.1. The van der Waals surface area contributed by atoms with Gasteiger partial charge in [-0.2, -0.15) is 0 Å². The maximum absolute atomic E-state index is 5.20. The van der Waals surface area contributed by atoms with E-state index in [4.69, 9.17) is 4.98 Å². The topological polar surface area (TPSA) is 12.9 Å². The van der Waals surface area contributed by atoms with E-state index in [1.165, 1.54) is 81.4 Å². The lowest BCUT2D eigenvalue weighted by molar-refractivity contribution is 0.812. The fraction of sp³-hybridized carbons (Fsp3) is 0.0185. The van der Waals surface area contributed by atoms with Gasteiger partial charge in [0.1, 0.15) is 0 Å². The molecule has 10 aromatic rings. The van der Waals surface area contributed by atoms with Gasteiger partial charge in [0.05, 0.1) is 16.8 Å². The van der Waals surface area contributed by atoms with Gasteiger partial charge in [0.2, 0.25) is 0 Å². The van der Waals surface area contributed by atoms with E-state index in [1.807, 2.05) is 11.3 Å². The van der Waals surface area contributed by atoms with Gasteiger partial charge in [-0.3, -0.25) is 0 Å². The summed E-state index contributed by atoms with van der Waals surface area (Å²) in [6.07, 6.45) is 0.